The van der Waals surface area contributed by atoms with Crippen molar-refractivity contribution < 1.29 is 17.6 Å². The van der Waals surface area contributed by atoms with Crippen LogP contribution in [0.2, 0.25) is 0 Å². The molecular formula is C18H20F3N3OS. The molecule has 1 atom stereocenters. The quantitative estimate of drug-likeness (QED) is 0.748. The van der Waals surface area contributed by atoms with Gasteiger partial charge in [-0.05, 0) is 68.5 Å². The summed E-state index contributed by atoms with van der Waals surface area (Å²) in [6.45, 7) is 2.49. The predicted octanol–water partition coefficient (Wildman–Crippen LogP) is 4.42. The van der Waals surface area contributed by atoms with E-state index in [0.717, 1.165) is 43.8 Å². The number of alkyl halides is 3. The van der Waals surface area contributed by atoms with Crippen LogP contribution in [0, 0.1) is 0 Å². The lowest BCUT2D eigenvalue weighted by Crippen LogP contribution is -2.38. The van der Waals surface area contributed by atoms with Gasteiger partial charge in [0.2, 0.25) is 0 Å². The number of anilines is 1. The number of hydrogen-bond donors (Lipinski definition) is 2. The second-order valence-corrected chi connectivity index (χ2v) is 6.60. The van der Waals surface area contributed by atoms with Crippen molar-refractivity contribution in [2.45, 2.75) is 25.1 Å². The Morgan fingerprint density at radius 1 is 1.19 bits per heavy atom. The predicted molar refractivity (Wildman–Crippen MR) is 97.9 cm³/mol. The second-order valence-electron chi connectivity index (χ2n) is 6.19. The van der Waals surface area contributed by atoms with Crippen molar-refractivity contribution in [3.05, 3.63) is 54.0 Å². The van der Waals surface area contributed by atoms with Gasteiger partial charge in [0.05, 0.1) is 17.9 Å². The van der Waals surface area contributed by atoms with E-state index in [9.17, 15) is 13.2 Å². The molecule has 1 saturated heterocycles. The number of benzene rings is 1. The van der Waals surface area contributed by atoms with E-state index in [2.05, 4.69) is 15.5 Å². The Morgan fingerprint density at radius 3 is 2.62 bits per heavy atom. The van der Waals surface area contributed by atoms with Gasteiger partial charge in [0, 0.05) is 12.2 Å². The second kappa shape index (κ2) is 8.09. The van der Waals surface area contributed by atoms with Crippen molar-refractivity contribution >= 4 is 23.0 Å². The Hall–Kier alpha value is -2.06. The maximum Gasteiger partial charge on any atom is 0.416 e. The molecule has 8 heteroatoms. The Bertz CT molecular complexity index is 728. The average molecular weight is 383 g/mol. The SMILES string of the molecule is FC(F)(F)c1cccc(NC(=S)NCC(c2ccco2)N2CCCC2)c1. The van der Waals surface area contributed by atoms with Crippen LogP contribution in [-0.2, 0) is 6.18 Å². The first-order chi connectivity index (χ1) is 12.4. The van der Waals surface area contributed by atoms with Crippen LogP contribution >= 0.6 is 12.2 Å². The Balaban J connectivity index is 1.60. The van der Waals surface area contributed by atoms with E-state index < -0.39 is 11.7 Å². The molecule has 0 saturated carbocycles. The molecule has 3 rings (SSSR count). The first kappa shape index (κ1) is 18.7. The minimum Gasteiger partial charge on any atom is -0.468 e. The summed E-state index contributed by atoms with van der Waals surface area (Å²) in [5.74, 6) is 0.848. The number of rotatable bonds is 5. The van der Waals surface area contributed by atoms with Crippen LogP contribution < -0.4 is 10.6 Å². The minimum absolute atomic E-state index is 0.0359. The summed E-state index contributed by atoms with van der Waals surface area (Å²) in [7, 11) is 0. The highest BCUT2D eigenvalue weighted by molar-refractivity contribution is 7.80. The minimum atomic E-state index is -4.38. The molecule has 0 aliphatic carbocycles. The molecular weight excluding hydrogens is 363 g/mol. The summed E-state index contributed by atoms with van der Waals surface area (Å²) in [5.41, 5.74) is -0.413. The van der Waals surface area contributed by atoms with Crippen molar-refractivity contribution in [3.63, 3.8) is 0 Å². The molecule has 2 aromatic rings. The average Bonchev–Trinajstić information content (AvgIpc) is 3.28. The molecule has 0 spiro atoms. The lowest BCUT2D eigenvalue weighted by Gasteiger charge is -2.26. The zero-order chi connectivity index (χ0) is 18.6. The van der Waals surface area contributed by atoms with Gasteiger partial charge in [-0.3, -0.25) is 4.90 Å². The van der Waals surface area contributed by atoms with E-state index in [1.807, 2.05) is 12.1 Å². The molecule has 140 valence electrons. The molecule has 4 nitrogen and oxygen atoms in total. The van der Waals surface area contributed by atoms with Gasteiger partial charge < -0.3 is 15.1 Å². The van der Waals surface area contributed by atoms with Crippen LogP contribution in [0.5, 0.6) is 0 Å². The third kappa shape index (κ3) is 4.76. The first-order valence-corrected chi connectivity index (χ1v) is 8.84. The zero-order valence-corrected chi connectivity index (χ0v) is 14.9. The summed E-state index contributed by atoms with van der Waals surface area (Å²) in [6, 6.07) is 8.78. The summed E-state index contributed by atoms with van der Waals surface area (Å²) in [5, 5.41) is 6.19. The molecule has 0 radical (unpaired) electrons. The number of hydrogen-bond acceptors (Lipinski definition) is 3. The molecule has 1 fully saturated rings. The van der Waals surface area contributed by atoms with Crippen LogP contribution in [0.1, 0.15) is 30.2 Å². The van der Waals surface area contributed by atoms with Gasteiger partial charge in [-0.1, -0.05) is 6.07 Å². The van der Waals surface area contributed by atoms with Crippen LogP contribution in [0.15, 0.2) is 47.1 Å². The van der Waals surface area contributed by atoms with Crippen LogP contribution in [-0.4, -0.2) is 29.6 Å². The molecule has 2 N–H and O–H groups in total. The Labute approximate surface area is 155 Å². The molecule has 1 aromatic heterocycles. The molecule has 0 bridgehead atoms. The maximum atomic E-state index is 12.8. The number of nitrogens with zero attached hydrogens (tertiary/aromatic N) is 1. The van der Waals surface area contributed by atoms with E-state index in [4.69, 9.17) is 16.6 Å². The zero-order valence-electron chi connectivity index (χ0n) is 14.1. The lowest BCUT2D eigenvalue weighted by atomic mass is 10.2. The highest BCUT2D eigenvalue weighted by atomic mass is 32.1. The number of furan rings is 1. The van der Waals surface area contributed by atoms with Gasteiger partial charge in [-0.2, -0.15) is 13.2 Å². The summed E-state index contributed by atoms with van der Waals surface area (Å²) in [4.78, 5) is 2.32. The number of halogens is 3. The molecule has 2 heterocycles. The normalized spacial score (nSPS) is 16.4. The topological polar surface area (TPSA) is 40.4 Å². The summed E-state index contributed by atoms with van der Waals surface area (Å²) >= 11 is 5.24. The fourth-order valence-corrected chi connectivity index (χ4v) is 3.28. The fraction of sp³-hybridized carbons (Fsp3) is 0.389. The van der Waals surface area contributed by atoms with E-state index in [-0.39, 0.29) is 11.2 Å². The molecule has 1 unspecified atom stereocenters. The van der Waals surface area contributed by atoms with Crippen molar-refractivity contribution in [3.8, 4) is 0 Å². The van der Waals surface area contributed by atoms with Gasteiger partial charge in [0.1, 0.15) is 5.76 Å². The van der Waals surface area contributed by atoms with Gasteiger partial charge in [0.15, 0.2) is 5.11 Å². The van der Waals surface area contributed by atoms with Crippen molar-refractivity contribution in [2.24, 2.45) is 0 Å². The van der Waals surface area contributed by atoms with Crippen LogP contribution in [0.4, 0.5) is 18.9 Å². The highest BCUT2D eigenvalue weighted by Gasteiger charge is 2.30. The van der Waals surface area contributed by atoms with E-state index in [1.54, 1.807) is 12.3 Å². The van der Waals surface area contributed by atoms with Crippen molar-refractivity contribution in [2.75, 3.05) is 25.0 Å². The van der Waals surface area contributed by atoms with Crippen molar-refractivity contribution in [1.29, 1.82) is 0 Å². The first-order valence-electron chi connectivity index (χ1n) is 8.43. The van der Waals surface area contributed by atoms with Gasteiger partial charge >= 0.3 is 6.18 Å². The molecule has 1 aliphatic rings. The van der Waals surface area contributed by atoms with Gasteiger partial charge in [-0.15, -0.1) is 0 Å². The molecule has 1 aromatic carbocycles. The smallest absolute Gasteiger partial charge is 0.416 e. The molecule has 1 aliphatic heterocycles. The van der Waals surface area contributed by atoms with Gasteiger partial charge in [0.25, 0.3) is 0 Å². The number of nitrogens with one attached hydrogen (secondary N) is 2. The van der Waals surface area contributed by atoms with Crippen LogP contribution in [0.3, 0.4) is 0 Å². The largest absolute Gasteiger partial charge is 0.468 e. The third-order valence-electron chi connectivity index (χ3n) is 4.36. The molecule has 0 amide bonds. The van der Waals surface area contributed by atoms with E-state index in [0.29, 0.717) is 12.2 Å². The number of thiocarbonyl (C=S) groups is 1. The van der Waals surface area contributed by atoms with Crippen molar-refractivity contribution in [1.82, 2.24) is 10.2 Å². The van der Waals surface area contributed by atoms with E-state index >= 15 is 0 Å². The summed E-state index contributed by atoms with van der Waals surface area (Å²) in [6.07, 6.45) is -0.460. The van der Waals surface area contributed by atoms with Crippen LogP contribution in [0.25, 0.3) is 0 Å². The standard InChI is InChI=1S/C18H20F3N3OS/c19-18(20,21)13-5-3-6-14(11-13)23-17(26)22-12-15(16-7-4-10-25-16)24-8-1-2-9-24/h3-7,10-11,15H,1-2,8-9,12H2,(H2,22,23,26). The highest BCUT2D eigenvalue weighted by Crippen LogP contribution is 2.30. The Morgan fingerprint density at radius 2 is 1.96 bits per heavy atom. The Kier molecular flexibility index (Phi) is 5.83. The molecule has 26 heavy (non-hydrogen) atoms. The maximum absolute atomic E-state index is 12.8. The monoisotopic (exact) mass is 383 g/mol. The van der Waals surface area contributed by atoms with Gasteiger partial charge in [-0.25, -0.2) is 0 Å². The van der Waals surface area contributed by atoms with E-state index in [1.165, 1.54) is 6.07 Å². The number of likely N-dealkylation sites (tertiary alicyclic amines) is 1. The fourth-order valence-electron chi connectivity index (χ4n) is 3.08. The summed E-state index contributed by atoms with van der Waals surface area (Å²) < 4.78 is 43.9. The third-order valence-corrected chi connectivity index (χ3v) is 4.60. The lowest BCUT2D eigenvalue weighted by molar-refractivity contribution is -0.137.